The number of nitrogens with one attached hydrogen (secondary N) is 1. The van der Waals surface area contributed by atoms with E-state index >= 15 is 0 Å². The lowest BCUT2D eigenvalue weighted by Crippen LogP contribution is -2.30. The third kappa shape index (κ3) is 3.40. The minimum Gasteiger partial charge on any atom is -0.307 e. The molecule has 0 saturated heterocycles. The summed E-state index contributed by atoms with van der Waals surface area (Å²) in [5.74, 6) is -0.116. The van der Waals surface area contributed by atoms with Crippen molar-refractivity contribution < 1.29 is 4.39 Å². The van der Waals surface area contributed by atoms with Gasteiger partial charge in [0.15, 0.2) is 0 Å². The van der Waals surface area contributed by atoms with Gasteiger partial charge in [-0.15, -0.1) is 11.3 Å². The van der Waals surface area contributed by atoms with E-state index in [1.807, 2.05) is 12.1 Å². The molecule has 0 aliphatic carbocycles. The smallest absolute Gasteiger partial charge is 0.126 e. The van der Waals surface area contributed by atoms with E-state index in [0.29, 0.717) is 12.5 Å². The molecule has 96 valence electrons. The lowest BCUT2D eigenvalue weighted by Gasteiger charge is -2.19. The van der Waals surface area contributed by atoms with Crippen molar-refractivity contribution in [2.24, 2.45) is 0 Å². The van der Waals surface area contributed by atoms with Gasteiger partial charge >= 0.3 is 0 Å². The highest BCUT2D eigenvalue weighted by molar-refractivity contribution is 7.10. The molecule has 0 radical (unpaired) electrons. The van der Waals surface area contributed by atoms with Crippen LogP contribution in [0.4, 0.5) is 4.39 Å². The van der Waals surface area contributed by atoms with E-state index in [4.69, 9.17) is 0 Å². The Morgan fingerprint density at radius 1 is 1.17 bits per heavy atom. The van der Waals surface area contributed by atoms with Crippen molar-refractivity contribution in [1.29, 1.82) is 0 Å². The van der Waals surface area contributed by atoms with Crippen molar-refractivity contribution in [3.05, 3.63) is 58.0 Å². The minimum atomic E-state index is -0.116. The van der Waals surface area contributed by atoms with Gasteiger partial charge in [0.1, 0.15) is 5.82 Å². The Kier molecular flexibility index (Phi) is 4.50. The molecular weight excluding hydrogens is 245 g/mol. The molecule has 0 saturated carbocycles. The van der Waals surface area contributed by atoms with Gasteiger partial charge in [-0.25, -0.2) is 4.39 Å². The van der Waals surface area contributed by atoms with Crippen molar-refractivity contribution in [3.8, 4) is 0 Å². The van der Waals surface area contributed by atoms with Gasteiger partial charge in [0.05, 0.1) is 0 Å². The van der Waals surface area contributed by atoms with E-state index in [9.17, 15) is 4.39 Å². The molecule has 1 heterocycles. The molecule has 1 unspecified atom stereocenters. The van der Waals surface area contributed by atoms with E-state index in [1.54, 1.807) is 17.4 Å². The SMILES string of the molecule is CC(Cc1ccccc1F)N[C@@H](C)c1cccs1. The second-order valence-corrected chi connectivity index (χ2v) is 5.58. The van der Waals surface area contributed by atoms with Crippen molar-refractivity contribution >= 4 is 11.3 Å². The Morgan fingerprint density at radius 2 is 1.94 bits per heavy atom. The molecule has 1 aromatic carbocycles. The summed E-state index contributed by atoms with van der Waals surface area (Å²) in [7, 11) is 0. The van der Waals surface area contributed by atoms with Gasteiger partial charge in [0.2, 0.25) is 0 Å². The topological polar surface area (TPSA) is 12.0 Å². The highest BCUT2D eigenvalue weighted by atomic mass is 32.1. The molecule has 2 rings (SSSR count). The average molecular weight is 263 g/mol. The van der Waals surface area contributed by atoms with E-state index in [0.717, 1.165) is 5.56 Å². The fourth-order valence-corrected chi connectivity index (χ4v) is 2.84. The van der Waals surface area contributed by atoms with Gasteiger partial charge in [0, 0.05) is 17.0 Å². The van der Waals surface area contributed by atoms with Crippen LogP contribution in [0.1, 0.15) is 30.3 Å². The van der Waals surface area contributed by atoms with E-state index < -0.39 is 0 Å². The zero-order chi connectivity index (χ0) is 13.0. The Balaban J connectivity index is 1.93. The van der Waals surface area contributed by atoms with Gasteiger partial charge < -0.3 is 5.32 Å². The minimum absolute atomic E-state index is 0.116. The molecule has 0 amide bonds. The Hall–Kier alpha value is -1.19. The lowest BCUT2D eigenvalue weighted by molar-refractivity contribution is 0.473. The highest BCUT2D eigenvalue weighted by Crippen LogP contribution is 2.19. The number of thiophene rings is 1. The third-order valence-corrected chi connectivity index (χ3v) is 4.04. The Bertz CT molecular complexity index is 481. The summed E-state index contributed by atoms with van der Waals surface area (Å²) in [5, 5.41) is 5.58. The molecule has 3 heteroatoms. The second kappa shape index (κ2) is 6.12. The molecule has 0 aliphatic rings. The van der Waals surface area contributed by atoms with E-state index in [1.165, 1.54) is 10.9 Å². The number of hydrogen-bond donors (Lipinski definition) is 1. The standard InChI is InChI=1S/C15H18FNS/c1-11(10-13-6-3-4-7-14(13)16)17-12(2)15-8-5-9-18-15/h3-9,11-12,17H,10H2,1-2H3/t11?,12-/m0/s1. The zero-order valence-electron chi connectivity index (χ0n) is 10.7. The van der Waals surface area contributed by atoms with Crippen molar-refractivity contribution in [2.45, 2.75) is 32.4 Å². The molecule has 2 aromatic rings. The molecule has 0 aliphatic heterocycles. The summed E-state index contributed by atoms with van der Waals surface area (Å²) >= 11 is 1.75. The fraction of sp³-hybridized carbons (Fsp3) is 0.333. The first-order chi connectivity index (χ1) is 8.66. The summed E-state index contributed by atoms with van der Waals surface area (Å²) in [6, 6.07) is 11.7. The molecular formula is C15H18FNS. The molecule has 0 bridgehead atoms. The number of hydrogen-bond acceptors (Lipinski definition) is 2. The first kappa shape index (κ1) is 13.2. The van der Waals surface area contributed by atoms with Gasteiger partial charge in [0.25, 0.3) is 0 Å². The monoisotopic (exact) mass is 263 g/mol. The predicted octanol–water partition coefficient (Wildman–Crippen LogP) is 4.17. The van der Waals surface area contributed by atoms with Crippen molar-refractivity contribution in [1.82, 2.24) is 5.32 Å². The van der Waals surface area contributed by atoms with Crippen LogP contribution >= 0.6 is 11.3 Å². The molecule has 2 atom stereocenters. The van der Waals surface area contributed by atoms with E-state index in [-0.39, 0.29) is 11.9 Å². The summed E-state index contributed by atoms with van der Waals surface area (Å²) in [6.45, 7) is 4.24. The summed E-state index contributed by atoms with van der Waals surface area (Å²) in [6.07, 6.45) is 0.711. The Morgan fingerprint density at radius 3 is 2.61 bits per heavy atom. The Labute approximate surface area is 112 Å². The second-order valence-electron chi connectivity index (χ2n) is 4.60. The van der Waals surface area contributed by atoms with Crippen LogP contribution in [0.15, 0.2) is 41.8 Å². The lowest BCUT2D eigenvalue weighted by atomic mass is 10.1. The summed E-state index contributed by atoms with van der Waals surface area (Å²) < 4.78 is 13.5. The molecule has 18 heavy (non-hydrogen) atoms. The maximum absolute atomic E-state index is 13.5. The number of benzene rings is 1. The number of halogens is 1. The fourth-order valence-electron chi connectivity index (χ4n) is 2.10. The van der Waals surface area contributed by atoms with Crippen LogP contribution in [0.25, 0.3) is 0 Å². The molecule has 1 nitrogen and oxygen atoms in total. The molecule has 1 N–H and O–H groups in total. The maximum atomic E-state index is 13.5. The maximum Gasteiger partial charge on any atom is 0.126 e. The molecule has 1 aromatic heterocycles. The van der Waals surface area contributed by atoms with Crippen LogP contribution < -0.4 is 5.32 Å². The van der Waals surface area contributed by atoms with Crippen LogP contribution in [-0.4, -0.2) is 6.04 Å². The van der Waals surface area contributed by atoms with Gasteiger partial charge in [-0.3, -0.25) is 0 Å². The summed E-state index contributed by atoms with van der Waals surface area (Å²) in [5.41, 5.74) is 0.774. The van der Waals surface area contributed by atoms with Gasteiger partial charge in [-0.1, -0.05) is 24.3 Å². The van der Waals surface area contributed by atoms with Crippen LogP contribution in [0.3, 0.4) is 0 Å². The zero-order valence-corrected chi connectivity index (χ0v) is 11.5. The number of rotatable bonds is 5. The third-order valence-electron chi connectivity index (χ3n) is 2.99. The van der Waals surface area contributed by atoms with Crippen LogP contribution in [0, 0.1) is 5.82 Å². The largest absolute Gasteiger partial charge is 0.307 e. The van der Waals surface area contributed by atoms with Gasteiger partial charge in [-0.2, -0.15) is 0 Å². The molecule has 0 fully saturated rings. The first-order valence-corrected chi connectivity index (χ1v) is 7.07. The van der Waals surface area contributed by atoms with Crippen LogP contribution in [0.2, 0.25) is 0 Å². The first-order valence-electron chi connectivity index (χ1n) is 6.19. The quantitative estimate of drug-likeness (QED) is 0.853. The highest BCUT2D eigenvalue weighted by Gasteiger charge is 2.12. The summed E-state index contributed by atoms with van der Waals surface area (Å²) in [4.78, 5) is 1.32. The van der Waals surface area contributed by atoms with Crippen molar-refractivity contribution in [2.75, 3.05) is 0 Å². The average Bonchev–Trinajstić information content (AvgIpc) is 2.85. The molecule has 0 spiro atoms. The normalized spacial score (nSPS) is 14.4. The van der Waals surface area contributed by atoms with Gasteiger partial charge in [-0.05, 0) is 43.3 Å². The van der Waals surface area contributed by atoms with Crippen LogP contribution in [0.5, 0.6) is 0 Å². The van der Waals surface area contributed by atoms with E-state index in [2.05, 4.69) is 36.7 Å². The van der Waals surface area contributed by atoms with Crippen LogP contribution in [-0.2, 0) is 6.42 Å². The predicted molar refractivity (Wildman–Crippen MR) is 75.4 cm³/mol. The van der Waals surface area contributed by atoms with Crippen molar-refractivity contribution in [3.63, 3.8) is 0 Å².